The van der Waals surface area contributed by atoms with E-state index in [-0.39, 0.29) is 5.91 Å². The molecule has 0 aliphatic rings. The highest BCUT2D eigenvalue weighted by molar-refractivity contribution is 7.09. The van der Waals surface area contributed by atoms with E-state index in [0.717, 1.165) is 4.88 Å². The topological polar surface area (TPSA) is 66.9 Å². The molecule has 2 heterocycles. The Labute approximate surface area is 103 Å². The van der Waals surface area contributed by atoms with Crippen molar-refractivity contribution in [2.75, 3.05) is 12.4 Å². The summed E-state index contributed by atoms with van der Waals surface area (Å²) >= 11 is 1.60. The Bertz CT molecular complexity index is 498. The van der Waals surface area contributed by atoms with Gasteiger partial charge in [0, 0.05) is 11.9 Å². The van der Waals surface area contributed by atoms with Gasteiger partial charge in [-0.3, -0.25) is 9.78 Å². The van der Waals surface area contributed by atoms with E-state index >= 15 is 0 Å². The molecule has 0 aliphatic carbocycles. The fourth-order valence-corrected chi connectivity index (χ4v) is 1.91. The van der Waals surface area contributed by atoms with Crippen LogP contribution in [0.3, 0.4) is 0 Å². The van der Waals surface area contributed by atoms with E-state index in [2.05, 4.69) is 20.6 Å². The van der Waals surface area contributed by atoms with Crippen molar-refractivity contribution in [3.05, 3.63) is 40.5 Å². The number of hydrogen-bond donors (Lipinski definition) is 2. The molecule has 0 atom stereocenters. The van der Waals surface area contributed by atoms with Gasteiger partial charge in [-0.15, -0.1) is 11.3 Å². The van der Waals surface area contributed by atoms with Crippen molar-refractivity contribution in [2.45, 2.75) is 6.54 Å². The van der Waals surface area contributed by atoms with E-state index in [0.29, 0.717) is 18.1 Å². The van der Waals surface area contributed by atoms with Crippen LogP contribution >= 0.6 is 11.3 Å². The fraction of sp³-hybridized carbons (Fsp3) is 0.182. The van der Waals surface area contributed by atoms with Crippen LogP contribution < -0.4 is 10.6 Å². The summed E-state index contributed by atoms with van der Waals surface area (Å²) in [4.78, 5) is 20.9. The average Bonchev–Trinajstić information content (AvgIpc) is 2.89. The molecule has 0 unspecified atom stereocenters. The van der Waals surface area contributed by atoms with Gasteiger partial charge in [-0.25, -0.2) is 4.98 Å². The van der Waals surface area contributed by atoms with Gasteiger partial charge in [0.2, 0.25) is 0 Å². The van der Waals surface area contributed by atoms with Crippen LogP contribution in [0.15, 0.2) is 29.9 Å². The third kappa shape index (κ3) is 3.01. The molecule has 88 valence electrons. The summed E-state index contributed by atoms with van der Waals surface area (Å²) in [5.74, 6) is 0.358. The van der Waals surface area contributed by atoms with Crippen LogP contribution in [0.2, 0.25) is 0 Å². The van der Waals surface area contributed by atoms with Gasteiger partial charge in [-0.05, 0) is 11.4 Å². The lowest BCUT2D eigenvalue weighted by atomic mass is 10.4. The van der Waals surface area contributed by atoms with E-state index in [1.807, 2.05) is 17.5 Å². The predicted octanol–water partition coefficient (Wildman–Crippen LogP) is 1.51. The third-order valence-corrected chi connectivity index (χ3v) is 3.00. The number of hydrogen-bond acceptors (Lipinski definition) is 5. The minimum Gasteiger partial charge on any atom is -0.372 e. The van der Waals surface area contributed by atoms with Gasteiger partial charge in [-0.2, -0.15) is 0 Å². The molecule has 0 radical (unpaired) electrons. The van der Waals surface area contributed by atoms with Gasteiger partial charge in [0.15, 0.2) is 0 Å². The minimum atomic E-state index is -0.219. The average molecular weight is 248 g/mol. The lowest BCUT2D eigenvalue weighted by Crippen LogP contribution is -2.23. The summed E-state index contributed by atoms with van der Waals surface area (Å²) in [6.07, 6.45) is 3.01. The van der Waals surface area contributed by atoms with Crippen LogP contribution in [0.25, 0.3) is 0 Å². The Morgan fingerprint density at radius 3 is 3.06 bits per heavy atom. The van der Waals surface area contributed by atoms with Gasteiger partial charge in [0.25, 0.3) is 5.91 Å². The van der Waals surface area contributed by atoms with E-state index in [1.165, 1.54) is 6.20 Å². The Morgan fingerprint density at radius 1 is 1.47 bits per heavy atom. The first-order chi connectivity index (χ1) is 8.29. The number of anilines is 1. The monoisotopic (exact) mass is 248 g/mol. The molecule has 1 amide bonds. The zero-order valence-corrected chi connectivity index (χ0v) is 10.1. The highest BCUT2D eigenvalue weighted by Crippen LogP contribution is 2.08. The molecule has 17 heavy (non-hydrogen) atoms. The van der Waals surface area contributed by atoms with Gasteiger partial charge in [-0.1, -0.05) is 6.07 Å². The standard InChI is InChI=1S/C11H12N4OS/c1-12-10-7-13-6-9(15-10)11(16)14-5-8-3-2-4-17-8/h2-4,6-7H,5H2,1H3,(H,12,15)(H,14,16). The Kier molecular flexibility index (Phi) is 3.66. The highest BCUT2D eigenvalue weighted by Gasteiger charge is 2.08. The first kappa shape index (κ1) is 11.5. The van der Waals surface area contributed by atoms with Crippen molar-refractivity contribution in [3.8, 4) is 0 Å². The quantitative estimate of drug-likeness (QED) is 0.860. The lowest BCUT2D eigenvalue weighted by molar-refractivity contribution is 0.0946. The number of amides is 1. The molecule has 2 rings (SSSR count). The maximum atomic E-state index is 11.8. The Hall–Kier alpha value is -1.95. The Balaban J connectivity index is 1.99. The largest absolute Gasteiger partial charge is 0.372 e. The number of carbonyl (C=O) groups is 1. The van der Waals surface area contributed by atoms with Crippen molar-refractivity contribution in [2.24, 2.45) is 0 Å². The van der Waals surface area contributed by atoms with Gasteiger partial charge in [0.1, 0.15) is 11.5 Å². The predicted molar refractivity (Wildman–Crippen MR) is 67.1 cm³/mol. The second-order valence-corrected chi connectivity index (χ2v) is 4.33. The van der Waals surface area contributed by atoms with Crippen LogP contribution in [0.5, 0.6) is 0 Å². The highest BCUT2D eigenvalue weighted by atomic mass is 32.1. The molecule has 0 aromatic carbocycles. The van der Waals surface area contributed by atoms with E-state index in [1.54, 1.807) is 24.6 Å². The Morgan fingerprint density at radius 2 is 2.35 bits per heavy atom. The van der Waals surface area contributed by atoms with Crippen LogP contribution in [0, 0.1) is 0 Å². The summed E-state index contributed by atoms with van der Waals surface area (Å²) in [6, 6.07) is 3.92. The minimum absolute atomic E-state index is 0.219. The molecule has 0 fully saturated rings. The molecule has 0 bridgehead atoms. The third-order valence-electron chi connectivity index (χ3n) is 2.13. The normalized spacial score (nSPS) is 9.94. The van der Waals surface area contributed by atoms with Crippen LogP contribution in [-0.2, 0) is 6.54 Å². The van der Waals surface area contributed by atoms with Crippen molar-refractivity contribution in [1.29, 1.82) is 0 Å². The van der Waals surface area contributed by atoms with E-state index < -0.39 is 0 Å². The summed E-state index contributed by atoms with van der Waals surface area (Å²) in [5.41, 5.74) is 0.313. The molecule has 6 heteroatoms. The molecular weight excluding hydrogens is 236 g/mol. The van der Waals surface area contributed by atoms with Crippen molar-refractivity contribution in [1.82, 2.24) is 15.3 Å². The SMILES string of the molecule is CNc1cncc(C(=O)NCc2cccs2)n1. The van der Waals surface area contributed by atoms with Crippen molar-refractivity contribution < 1.29 is 4.79 Å². The van der Waals surface area contributed by atoms with Gasteiger partial charge < -0.3 is 10.6 Å². The summed E-state index contributed by atoms with van der Waals surface area (Å²) in [6.45, 7) is 0.516. The molecule has 2 aromatic heterocycles. The van der Waals surface area contributed by atoms with Crippen molar-refractivity contribution >= 4 is 23.1 Å². The fourth-order valence-electron chi connectivity index (χ4n) is 1.27. The number of aromatic nitrogens is 2. The zero-order chi connectivity index (χ0) is 12.1. The first-order valence-corrected chi connectivity index (χ1v) is 5.98. The molecule has 5 nitrogen and oxygen atoms in total. The number of nitrogens with one attached hydrogen (secondary N) is 2. The summed E-state index contributed by atoms with van der Waals surface area (Å²) < 4.78 is 0. The number of nitrogens with zero attached hydrogens (tertiary/aromatic N) is 2. The molecule has 0 saturated heterocycles. The van der Waals surface area contributed by atoms with Gasteiger partial charge >= 0.3 is 0 Å². The lowest BCUT2D eigenvalue weighted by Gasteiger charge is -2.04. The number of rotatable bonds is 4. The van der Waals surface area contributed by atoms with Gasteiger partial charge in [0.05, 0.1) is 18.9 Å². The second-order valence-electron chi connectivity index (χ2n) is 3.30. The van der Waals surface area contributed by atoms with Crippen LogP contribution in [0.1, 0.15) is 15.4 Å². The van der Waals surface area contributed by atoms with Crippen LogP contribution in [-0.4, -0.2) is 22.9 Å². The van der Waals surface area contributed by atoms with E-state index in [4.69, 9.17) is 0 Å². The molecular formula is C11H12N4OS. The van der Waals surface area contributed by atoms with Crippen molar-refractivity contribution in [3.63, 3.8) is 0 Å². The van der Waals surface area contributed by atoms with Crippen LogP contribution in [0.4, 0.5) is 5.82 Å². The molecule has 0 spiro atoms. The second kappa shape index (κ2) is 5.40. The molecule has 2 aromatic rings. The summed E-state index contributed by atoms with van der Waals surface area (Å²) in [5, 5.41) is 7.61. The molecule has 2 N–H and O–H groups in total. The summed E-state index contributed by atoms with van der Waals surface area (Å²) in [7, 11) is 1.73. The zero-order valence-electron chi connectivity index (χ0n) is 9.30. The maximum absolute atomic E-state index is 11.8. The number of thiophene rings is 1. The molecule has 0 saturated carbocycles. The molecule has 0 aliphatic heterocycles. The first-order valence-electron chi connectivity index (χ1n) is 5.10. The maximum Gasteiger partial charge on any atom is 0.271 e. The van der Waals surface area contributed by atoms with E-state index in [9.17, 15) is 4.79 Å². The smallest absolute Gasteiger partial charge is 0.271 e. The number of carbonyl (C=O) groups excluding carboxylic acids is 1.